The molecule has 1 aliphatic rings. The normalized spacial score (nSPS) is 15.2. The highest BCUT2D eigenvalue weighted by molar-refractivity contribution is 7.22. The monoisotopic (exact) mass is 500 g/mol. The minimum absolute atomic E-state index is 0.0293. The van der Waals surface area contributed by atoms with Gasteiger partial charge in [0, 0.05) is 18.7 Å². The molecule has 3 heterocycles. The highest BCUT2D eigenvalue weighted by atomic mass is 32.1. The fourth-order valence-electron chi connectivity index (χ4n) is 3.44. The van der Waals surface area contributed by atoms with Gasteiger partial charge in [-0.2, -0.15) is 0 Å². The molecular formula is C24H26F2N6O2S. The fraction of sp³-hybridized carbons (Fsp3) is 0.250. The molecule has 8 nitrogen and oxygen atoms in total. The van der Waals surface area contributed by atoms with Gasteiger partial charge >= 0.3 is 0 Å². The van der Waals surface area contributed by atoms with Crippen LogP contribution in [0.5, 0.6) is 0 Å². The molecule has 2 aromatic heterocycles. The second kappa shape index (κ2) is 11.5. The number of likely N-dealkylation sites (tertiary alicyclic amines) is 1. The molecule has 35 heavy (non-hydrogen) atoms. The van der Waals surface area contributed by atoms with Gasteiger partial charge in [0.05, 0.1) is 28.6 Å². The van der Waals surface area contributed by atoms with Gasteiger partial charge in [0.15, 0.2) is 5.13 Å². The number of benzene rings is 1. The molecule has 3 aromatic rings. The Hall–Kier alpha value is -3.86. The Kier molecular flexibility index (Phi) is 8.48. The molecular weight excluding hydrogens is 474 g/mol. The van der Waals surface area contributed by atoms with Crippen LogP contribution >= 0.6 is 11.3 Å². The quantitative estimate of drug-likeness (QED) is 0.396. The van der Waals surface area contributed by atoms with Crippen molar-refractivity contribution in [3.8, 4) is 0 Å². The summed E-state index contributed by atoms with van der Waals surface area (Å²) < 4.78 is 34.3. The van der Waals surface area contributed by atoms with Gasteiger partial charge in [-0.3, -0.25) is 4.79 Å². The Morgan fingerprint density at radius 2 is 2.09 bits per heavy atom. The molecule has 4 rings (SSSR count). The molecule has 0 saturated carbocycles. The number of nitrogens with one attached hydrogen (secondary N) is 1. The summed E-state index contributed by atoms with van der Waals surface area (Å²) in [6, 6.07) is 2.89. The van der Waals surface area contributed by atoms with E-state index in [2.05, 4.69) is 26.8 Å². The Balaban J connectivity index is 0.00000108. The average molecular weight is 501 g/mol. The summed E-state index contributed by atoms with van der Waals surface area (Å²) >= 11 is 1.06. The van der Waals surface area contributed by atoms with Crippen LogP contribution in [0.15, 0.2) is 37.2 Å². The predicted molar refractivity (Wildman–Crippen MR) is 136 cm³/mol. The van der Waals surface area contributed by atoms with E-state index in [0.29, 0.717) is 45.7 Å². The van der Waals surface area contributed by atoms with Crippen LogP contribution in [0.2, 0.25) is 0 Å². The number of methoxy groups -OCH3 is 1. The topological polar surface area (TPSA) is 106 Å². The fourth-order valence-corrected chi connectivity index (χ4v) is 4.21. The van der Waals surface area contributed by atoms with Gasteiger partial charge < -0.3 is 20.7 Å². The number of hydrogen-bond acceptors (Lipinski definition) is 8. The Bertz CT molecular complexity index is 1380. The number of allylic oxidation sites excluding steroid dienone is 1. The first-order chi connectivity index (χ1) is 16.8. The SMILES string of the molecule is C=CC.COC(/C=C/c1ccc(F)c2sc(N)nc12)=c1\c(NC2CN(C=O)C2)ncn\c1=C(\C)F. The van der Waals surface area contributed by atoms with Gasteiger partial charge in [-0.05, 0) is 38.1 Å². The first-order valence-electron chi connectivity index (χ1n) is 10.6. The third kappa shape index (κ3) is 5.80. The second-order valence-electron chi connectivity index (χ2n) is 7.56. The lowest BCUT2D eigenvalue weighted by Gasteiger charge is -2.37. The molecule has 1 saturated heterocycles. The molecule has 0 aliphatic carbocycles. The summed E-state index contributed by atoms with van der Waals surface area (Å²) in [5.41, 5.74) is 6.80. The van der Waals surface area contributed by atoms with Crippen LogP contribution in [-0.4, -0.2) is 52.5 Å². The predicted octanol–water partition coefficient (Wildman–Crippen LogP) is 2.82. The van der Waals surface area contributed by atoms with E-state index in [1.807, 2.05) is 6.92 Å². The Morgan fingerprint density at radius 3 is 2.71 bits per heavy atom. The molecule has 3 N–H and O–H groups in total. The third-order valence-electron chi connectivity index (χ3n) is 5.00. The van der Waals surface area contributed by atoms with Crippen molar-refractivity contribution in [3.63, 3.8) is 0 Å². The van der Waals surface area contributed by atoms with Crippen molar-refractivity contribution in [2.24, 2.45) is 0 Å². The number of rotatable bonds is 6. The molecule has 0 spiro atoms. The summed E-state index contributed by atoms with van der Waals surface area (Å²) in [6.07, 6.45) is 7.09. The number of carbonyl (C=O) groups excluding carboxylic acids is 1. The molecule has 1 aliphatic heterocycles. The van der Waals surface area contributed by atoms with Gasteiger partial charge in [-0.25, -0.2) is 23.7 Å². The van der Waals surface area contributed by atoms with E-state index in [9.17, 15) is 13.6 Å². The number of halogens is 2. The first-order valence-corrected chi connectivity index (χ1v) is 11.5. The van der Waals surface area contributed by atoms with Gasteiger partial charge in [-0.1, -0.05) is 17.4 Å². The van der Waals surface area contributed by atoms with Crippen molar-refractivity contribution in [1.29, 1.82) is 0 Å². The zero-order valence-corrected chi connectivity index (χ0v) is 20.4. The van der Waals surface area contributed by atoms with Gasteiger partial charge in [0.1, 0.15) is 34.9 Å². The van der Waals surface area contributed by atoms with Crippen molar-refractivity contribution in [3.05, 3.63) is 59.1 Å². The molecule has 0 unspecified atom stereocenters. The van der Waals surface area contributed by atoms with E-state index >= 15 is 0 Å². The number of ether oxygens (including phenoxy) is 1. The average Bonchev–Trinajstić information content (AvgIpc) is 3.21. The molecule has 0 bridgehead atoms. The minimum Gasteiger partial charge on any atom is -0.496 e. The van der Waals surface area contributed by atoms with Crippen LogP contribution in [0.25, 0.3) is 27.9 Å². The van der Waals surface area contributed by atoms with Crippen molar-refractivity contribution in [2.45, 2.75) is 19.9 Å². The van der Waals surface area contributed by atoms with Crippen LogP contribution in [-0.2, 0) is 9.53 Å². The van der Waals surface area contributed by atoms with Crippen LogP contribution in [0.1, 0.15) is 19.4 Å². The maximum absolute atomic E-state index is 14.3. The lowest BCUT2D eigenvalue weighted by atomic mass is 10.1. The van der Waals surface area contributed by atoms with E-state index in [4.69, 9.17) is 10.5 Å². The highest BCUT2D eigenvalue weighted by Gasteiger charge is 2.26. The number of nitrogens with zero attached hydrogens (tertiary/aromatic N) is 4. The number of nitrogen functional groups attached to an aromatic ring is 1. The van der Waals surface area contributed by atoms with Crippen molar-refractivity contribution in [2.75, 3.05) is 31.2 Å². The van der Waals surface area contributed by atoms with E-state index < -0.39 is 11.6 Å². The van der Waals surface area contributed by atoms with Gasteiger partial charge in [-0.15, -0.1) is 6.58 Å². The lowest BCUT2D eigenvalue weighted by molar-refractivity contribution is -0.121. The number of fused-ring (bicyclic) bond motifs is 1. The molecule has 1 fully saturated rings. The van der Waals surface area contributed by atoms with E-state index in [1.165, 1.54) is 26.4 Å². The van der Waals surface area contributed by atoms with E-state index in [1.54, 1.807) is 29.2 Å². The lowest BCUT2D eigenvalue weighted by Crippen LogP contribution is -2.55. The van der Waals surface area contributed by atoms with Crippen molar-refractivity contribution < 1.29 is 18.3 Å². The standard InChI is InChI=1S/C21H20F2N6O2S.C3H6/c1-11(22)17-16(20(26-9-25-17)27-13-7-29(8-13)10-30)15(31-2)6-4-12-3-5-14(23)19-18(12)28-21(24)32-19;1-3-2/h3-6,9-10,13H,7-8H2,1-2H3,(H2,24,28)(H,25,26,27);3H,1H2,2H3/b6-4+,16-15-,17-11-;. The van der Waals surface area contributed by atoms with Crippen LogP contribution in [0.3, 0.4) is 0 Å². The Morgan fingerprint density at radius 1 is 1.37 bits per heavy atom. The Labute approximate surface area is 205 Å². The molecule has 11 heteroatoms. The second-order valence-corrected chi connectivity index (χ2v) is 8.59. The van der Waals surface area contributed by atoms with Crippen molar-refractivity contribution >= 4 is 56.6 Å². The summed E-state index contributed by atoms with van der Waals surface area (Å²) in [4.78, 5) is 25.0. The number of nitrogens with two attached hydrogens (primary N) is 1. The number of thiazole rings is 1. The smallest absolute Gasteiger partial charge is 0.209 e. The molecule has 1 amide bonds. The minimum atomic E-state index is -0.507. The first kappa shape index (κ1) is 25.8. The summed E-state index contributed by atoms with van der Waals surface area (Å²) in [6.45, 7) is 7.57. The van der Waals surface area contributed by atoms with Gasteiger partial charge in [0.25, 0.3) is 0 Å². The van der Waals surface area contributed by atoms with Crippen LogP contribution < -0.4 is 21.6 Å². The zero-order valence-electron chi connectivity index (χ0n) is 19.6. The number of carbonyl (C=O) groups is 1. The summed E-state index contributed by atoms with van der Waals surface area (Å²) in [5, 5.41) is 3.90. The highest BCUT2D eigenvalue weighted by Crippen LogP contribution is 2.29. The maximum atomic E-state index is 14.3. The van der Waals surface area contributed by atoms with Crippen LogP contribution in [0.4, 0.5) is 19.7 Å². The molecule has 184 valence electrons. The maximum Gasteiger partial charge on any atom is 0.209 e. The number of anilines is 2. The molecule has 0 radical (unpaired) electrons. The van der Waals surface area contributed by atoms with Crippen LogP contribution in [0, 0.1) is 5.82 Å². The molecule has 0 atom stereocenters. The number of hydrogen-bond donors (Lipinski definition) is 2. The summed E-state index contributed by atoms with van der Waals surface area (Å²) in [5.74, 6) is -0.230. The van der Waals surface area contributed by atoms with Crippen molar-refractivity contribution in [1.82, 2.24) is 19.9 Å². The largest absolute Gasteiger partial charge is 0.496 e. The third-order valence-corrected chi connectivity index (χ3v) is 5.89. The van der Waals surface area contributed by atoms with E-state index in [-0.39, 0.29) is 16.5 Å². The zero-order chi connectivity index (χ0) is 25.5. The summed E-state index contributed by atoms with van der Waals surface area (Å²) in [7, 11) is 1.45. The van der Waals surface area contributed by atoms with E-state index in [0.717, 1.165) is 17.7 Å². The molecule has 1 aromatic carbocycles. The van der Waals surface area contributed by atoms with Gasteiger partial charge in [0.2, 0.25) is 6.41 Å². The number of aromatic nitrogens is 3. The number of amides is 1.